The second-order valence-corrected chi connectivity index (χ2v) is 10.3. The molecule has 0 aliphatic carbocycles. The average molecular weight is 567 g/mol. The molecule has 1 N–H and O–H groups in total. The van der Waals surface area contributed by atoms with Gasteiger partial charge in [-0.1, -0.05) is 24.3 Å². The van der Waals surface area contributed by atoms with E-state index in [0.717, 1.165) is 16.0 Å². The number of amides is 1. The van der Waals surface area contributed by atoms with E-state index in [2.05, 4.69) is 5.32 Å². The summed E-state index contributed by atoms with van der Waals surface area (Å²) in [4.78, 5) is 44.7. The molecule has 2 aromatic carbocycles. The average Bonchev–Trinajstić information content (AvgIpc) is 2.94. The molecule has 0 radical (unpaired) electrons. The van der Waals surface area contributed by atoms with Crippen LogP contribution in [-0.4, -0.2) is 50.1 Å². The van der Waals surface area contributed by atoms with Crippen LogP contribution in [0.1, 0.15) is 63.6 Å². The van der Waals surface area contributed by atoms with Gasteiger partial charge in [-0.15, -0.1) is 11.8 Å². The van der Waals surface area contributed by atoms with Gasteiger partial charge in [0.2, 0.25) is 5.91 Å². The molecule has 3 rings (SSSR count). The molecular formula is C31H38N2O6S. The molecule has 2 aromatic rings. The smallest absolute Gasteiger partial charge is 0.336 e. The number of thioether (sulfide) groups is 1. The maximum Gasteiger partial charge on any atom is 0.336 e. The van der Waals surface area contributed by atoms with E-state index in [-0.39, 0.29) is 25.2 Å². The summed E-state index contributed by atoms with van der Waals surface area (Å²) in [6.45, 7) is 7.17. The monoisotopic (exact) mass is 566 g/mol. The van der Waals surface area contributed by atoms with Gasteiger partial charge >= 0.3 is 11.9 Å². The fraction of sp³-hybridized carbons (Fsp3) is 0.419. The Balaban J connectivity index is 2.11. The number of ether oxygens (including phenoxy) is 3. The third-order valence-corrected chi connectivity index (χ3v) is 7.50. The third kappa shape index (κ3) is 7.53. The molecule has 0 bridgehead atoms. The molecule has 1 aliphatic heterocycles. The van der Waals surface area contributed by atoms with Crippen LogP contribution in [0.4, 0.5) is 0 Å². The molecule has 1 aliphatic rings. The molecule has 0 spiro atoms. The summed E-state index contributed by atoms with van der Waals surface area (Å²) >= 11 is 1.58. The summed E-state index contributed by atoms with van der Waals surface area (Å²) < 4.78 is 16.2. The Labute approximate surface area is 240 Å². The lowest BCUT2D eigenvalue weighted by Crippen LogP contribution is -2.37. The number of hydrogen-bond acceptors (Lipinski definition) is 8. The van der Waals surface area contributed by atoms with Crippen molar-refractivity contribution in [3.63, 3.8) is 0 Å². The molecule has 9 heteroatoms. The van der Waals surface area contributed by atoms with Gasteiger partial charge in [0.15, 0.2) is 0 Å². The molecule has 214 valence electrons. The summed E-state index contributed by atoms with van der Waals surface area (Å²) in [5.74, 6) is -1.80. The van der Waals surface area contributed by atoms with Gasteiger partial charge in [-0.25, -0.2) is 4.79 Å². The van der Waals surface area contributed by atoms with Gasteiger partial charge in [0.25, 0.3) is 0 Å². The zero-order valence-corrected chi connectivity index (χ0v) is 24.8. The molecule has 0 fully saturated rings. The number of carbonyl (C=O) groups is 3. The molecule has 1 amide bonds. The Morgan fingerprint density at radius 1 is 1.05 bits per heavy atom. The van der Waals surface area contributed by atoms with E-state index in [1.165, 1.54) is 6.92 Å². The van der Waals surface area contributed by atoms with Crippen LogP contribution in [0.25, 0.3) is 0 Å². The largest absolute Gasteiger partial charge is 0.497 e. The first-order chi connectivity index (χ1) is 19.2. The molecule has 1 heterocycles. The Kier molecular flexibility index (Phi) is 11.4. The highest BCUT2D eigenvalue weighted by atomic mass is 32.2. The molecule has 8 nitrogen and oxygen atoms in total. The highest BCUT2D eigenvalue weighted by Crippen LogP contribution is 2.42. The van der Waals surface area contributed by atoms with Crippen molar-refractivity contribution >= 4 is 35.3 Å². The second-order valence-electron chi connectivity index (χ2n) is 9.38. The second kappa shape index (κ2) is 14.7. The number of nitrogens with one attached hydrogen (secondary N) is 1. The number of hydrogen-bond donors (Lipinski definition) is 1. The van der Waals surface area contributed by atoms with Crippen LogP contribution in [0.3, 0.4) is 0 Å². The third-order valence-electron chi connectivity index (χ3n) is 6.77. The Bertz CT molecular complexity index is 1270. The highest BCUT2D eigenvalue weighted by Gasteiger charge is 2.43. The minimum Gasteiger partial charge on any atom is -0.497 e. The summed E-state index contributed by atoms with van der Waals surface area (Å²) in [5, 5.41) is 3.01. The first kappa shape index (κ1) is 30.9. The van der Waals surface area contributed by atoms with E-state index in [0.29, 0.717) is 35.6 Å². The predicted octanol–water partition coefficient (Wildman–Crippen LogP) is 5.63. The van der Waals surface area contributed by atoms with Crippen molar-refractivity contribution < 1.29 is 28.6 Å². The van der Waals surface area contributed by atoms with E-state index < -0.39 is 23.8 Å². The zero-order valence-electron chi connectivity index (χ0n) is 24.0. The standard InChI is InChI=1S/C31H38N2O6S/c1-7-38-30(35)27-19(3)32-26(17-16-25(33-20(4)34)21-12-14-23(37-5)15-13-21)29(31(36)39-8-2)28(27)22-10-9-11-24(18-22)40-6/h9-15,18,25,27-28H,7-8,16-17H2,1-6H3,(H,33,34). The minimum atomic E-state index is -0.770. The number of carbonyl (C=O) groups excluding carboxylic acids is 3. The van der Waals surface area contributed by atoms with Crippen LogP contribution in [0.5, 0.6) is 5.75 Å². The lowest BCUT2D eigenvalue weighted by molar-refractivity contribution is -0.146. The lowest BCUT2D eigenvalue weighted by atomic mass is 9.75. The molecular weight excluding hydrogens is 528 g/mol. The summed E-state index contributed by atoms with van der Waals surface area (Å²) in [6.07, 6.45) is 2.82. The fourth-order valence-corrected chi connectivity index (χ4v) is 5.46. The summed E-state index contributed by atoms with van der Waals surface area (Å²) in [7, 11) is 1.60. The van der Waals surface area contributed by atoms with Gasteiger partial charge in [-0.3, -0.25) is 14.6 Å². The Morgan fingerprint density at radius 3 is 2.35 bits per heavy atom. The van der Waals surface area contributed by atoms with E-state index in [1.807, 2.05) is 54.8 Å². The highest BCUT2D eigenvalue weighted by molar-refractivity contribution is 7.98. The Morgan fingerprint density at radius 2 is 1.75 bits per heavy atom. The predicted molar refractivity (Wildman–Crippen MR) is 157 cm³/mol. The molecule has 0 saturated carbocycles. The van der Waals surface area contributed by atoms with Crippen molar-refractivity contribution in [2.45, 2.75) is 57.4 Å². The number of nitrogens with zero attached hydrogens (tertiary/aromatic N) is 1. The van der Waals surface area contributed by atoms with Crippen molar-refractivity contribution in [2.24, 2.45) is 10.9 Å². The number of esters is 2. The van der Waals surface area contributed by atoms with Crippen LogP contribution in [0, 0.1) is 5.92 Å². The van der Waals surface area contributed by atoms with E-state index in [1.54, 1.807) is 39.6 Å². The quantitative estimate of drug-likeness (QED) is 0.262. The normalized spacial score (nSPS) is 17.5. The van der Waals surface area contributed by atoms with Crippen molar-refractivity contribution in [3.8, 4) is 5.75 Å². The van der Waals surface area contributed by atoms with Gasteiger partial charge in [-0.2, -0.15) is 0 Å². The minimum absolute atomic E-state index is 0.169. The van der Waals surface area contributed by atoms with Gasteiger partial charge in [0, 0.05) is 23.4 Å². The van der Waals surface area contributed by atoms with Crippen LogP contribution >= 0.6 is 11.8 Å². The molecule has 40 heavy (non-hydrogen) atoms. The number of benzene rings is 2. The maximum atomic E-state index is 13.6. The van der Waals surface area contributed by atoms with Crippen LogP contribution in [0.15, 0.2) is 69.7 Å². The first-order valence-electron chi connectivity index (χ1n) is 13.4. The van der Waals surface area contributed by atoms with Crippen LogP contribution in [0.2, 0.25) is 0 Å². The fourth-order valence-electron chi connectivity index (χ4n) is 4.99. The number of methoxy groups -OCH3 is 1. The van der Waals surface area contributed by atoms with E-state index in [9.17, 15) is 14.4 Å². The van der Waals surface area contributed by atoms with Crippen LogP contribution in [-0.2, 0) is 23.9 Å². The summed E-state index contributed by atoms with van der Waals surface area (Å²) in [5.41, 5.74) is 3.18. The lowest BCUT2D eigenvalue weighted by Gasteiger charge is -2.33. The van der Waals surface area contributed by atoms with Gasteiger partial charge in [-0.05, 0) is 75.3 Å². The van der Waals surface area contributed by atoms with E-state index >= 15 is 0 Å². The zero-order chi connectivity index (χ0) is 29.2. The van der Waals surface area contributed by atoms with Crippen LogP contribution < -0.4 is 10.1 Å². The van der Waals surface area contributed by atoms with Crippen molar-refractivity contribution in [1.82, 2.24) is 5.32 Å². The van der Waals surface area contributed by atoms with Crippen molar-refractivity contribution in [3.05, 3.63) is 70.9 Å². The molecule has 3 atom stereocenters. The topological polar surface area (TPSA) is 103 Å². The van der Waals surface area contributed by atoms with Crippen molar-refractivity contribution in [1.29, 1.82) is 0 Å². The van der Waals surface area contributed by atoms with Gasteiger partial charge in [0.1, 0.15) is 11.7 Å². The van der Waals surface area contributed by atoms with Gasteiger partial charge < -0.3 is 19.5 Å². The molecule has 0 aromatic heterocycles. The van der Waals surface area contributed by atoms with Gasteiger partial charge in [0.05, 0.1) is 37.6 Å². The first-order valence-corrected chi connectivity index (χ1v) is 14.6. The SMILES string of the molecule is CCOC(=O)C1=C(CCC(NC(C)=O)c2ccc(OC)cc2)N=C(C)C(C(=O)OCC)C1c1cccc(SC)c1. The number of aliphatic imine (C=N–C) groups is 1. The number of allylic oxidation sites excluding steroid dienone is 1. The number of rotatable bonds is 12. The van der Waals surface area contributed by atoms with Crippen molar-refractivity contribution in [2.75, 3.05) is 26.6 Å². The Hall–Kier alpha value is -3.59. The molecule has 3 unspecified atom stereocenters. The summed E-state index contributed by atoms with van der Waals surface area (Å²) in [6, 6.07) is 15.0. The van der Waals surface area contributed by atoms with E-state index in [4.69, 9.17) is 19.2 Å². The molecule has 0 saturated heterocycles. The maximum absolute atomic E-state index is 13.6.